The zero-order valence-corrected chi connectivity index (χ0v) is 16.9. The van der Waals surface area contributed by atoms with E-state index in [1.807, 2.05) is 18.2 Å². The summed E-state index contributed by atoms with van der Waals surface area (Å²) in [5.41, 5.74) is 1.97. The van der Waals surface area contributed by atoms with Crippen LogP contribution in [0.25, 0.3) is 0 Å². The molecule has 27 heavy (non-hydrogen) atoms. The van der Waals surface area contributed by atoms with Gasteiger partial charge >= 0.3 is 0 Å². The van der Waals surface area contributed by atoms with Crippen molar-refractivity contribution in [2.24, 2.45) is 5.92 Å². The van der Waals surface area contributed by atoms with Crippen LogP contribution in [0, 0.1) is 5.92 Å². The Morgan fingerprint density at radius 3 is 2.89 bits per heavy atom. The maximum absolute atomic E-state index is 12.7. The maximum Gasteiger partial charge on any atom is 0.264 e. The highest BCUT2D eigenvalue weighted by molar-refractivity contribution is 7.14. The minimum absolute atomic E-state index is 0.0101. The quantitative estimate of drug-likeness (QED) is 0.817. The highest BCUT2D eigenvalue weighted by Crippen LogP contribution is 2.33. The van der Waals surface area contributed by atoms with E-state index >= 15 is 0 Å². The van der Waals surface area contributed by atoms with Crippen molar-refractivity contribution in [3.8, 4) is 5.75 Å². The Bertz CT molecular complexity index is 831. The molecule has 0 saturated heterocycles. The summed E-state index contributed by atoms with van der Waals surface area (Å²) in [4.78, 5) is 28.6. The average Bonchev–Trinajstić information content (AvgIpc) is 3.10. The van der Waals surface area contributed by atoms with Crippen LogP contribution in [0.15, 0.2) is 30.3 Å². The molecule has 0 saturated carbocycles. The number of rotatable bonds is 6. The molecule has 1 aliphatic rings. The number of fused-ring (bicyclic) bond motifs is 1. The van der Waals surface area contributed by atoms with Crippen molar-refractivity contribution in [1.29, 1.82) is 0 Å². The SMILES string of the molecule is CC[C@H]1CCc2sc(C(=O)N(C)CC(=O)Nc3cccc(OC)c3)cc2C1. The number of benzene rings is 1. The van der Waals surface area contributed by atoms with E-state index in [4.69, 9.17) is 4.74 Å². The second-order valence-corrected chi connectivity index (χ2v) is 8.15. The van der Waals surface area contributed by atoms with Crippen LogP contribution in [-0.4, -0.2) is 37.4 Å². The molecule has 0 fully saturated rings. The second kappa shape index (κ2) is 8.57. The summed E-state index contributed by atoms with van der Waals surface area (Å²) >= 11 is 1.58. The number of hydrogen-bond donors (Lipinski definition) is 1. The molecular weight excluding hydrogens is 360 g/mol. The lowest BCUT2D eigenvalue weighted by molar-refractivity contribution is -0.116. The predicted molar refractivity (Wildman–Crippen MR) is 109 cm³/mol. The Hall–Kier alpha value is -2.34. The molecule has 1 aromatic heterocycles. The maximum atomic E-state index is 12.7. The minimum Gasteiger partial charge on any atom is -0.497 e. The van der Waals surface area contributed by atoms with Gasteiger partial charge in [-0.2, -0.15) is 0 Å². The zero-order chi connectivity index (χ0) is 19.4. The third-order valence-electron chi connectivity index (χ3n) is 5.05. The molecule has 0 unspecified atom stereocenters. The van der Waals surface area contributed by atoms with Crippen molar-refractivity contribution in [3.05, 3.63) is 45.6 Å². The van der Waals surface area contributed by atoms with Gasteiger partial charge < -0.3 is 15.0 Å². The van der Waals surface area contributed by atoms with Gasteiger partial charge in [-0.1, -0.05) is 19.4 Å². The van der Waals surface area contributed by atoms with Gasteiger partial charge in [0.05, 0.1) is 18.5 Å². The number of hydrogen-bond acceptors (Lipinski definition) is 4. The van der Waals surface area contributed by atoms with Crippen molar-refractivity contribution < 1.29 is 14.3 Å². The Morgan fingerprint density at radius 1 is 1.33 bits per heavy atom. The molecule has 0 aliphatic heterocycles. The smallest absolute Gasteiger partial charge is 0.264 e. The number of thiophene rings is 1. The van der Waals surface area contributed by atoms with E-state index in [0.717, 1.165) is 23.6 Å². The van der Waals surface area contributed by atoms with Crippen LogP contribution in [0.2, 0.25) is 0 Å². The van der Waals surface area contributed by atoms with Gasteiger partial charge in [0.15, 0.2) is 0 Å². The first-order chi connectivity index (χ1) is 13.0. The van der Waals surface area contributed by atoms with Crippen LogP contribution in [0.3, 0.4) is 0 Å². The molecule has 144 valence electrons. The third-order valence-corrected chi connectivity index (χ3v) is 6.28. The van der Waals surface area contributed by atoms with Crippen molar-refractivity contribution in [3.63, 3.8) is 0 Å². The summed E-state index contributed by atoms with van der Waals surface area (Å²) in [5, 5.41) is 2.81. The van der Waals surface area contributed by atoms with Gasteiger partial charge in [-0.05, 0) is 48.9 Å². The number of amides is 2. The molecular formula is C21H26N2O3S. The second-order valence-electron chi connectivity index (χ2n) is 7.02. The van der Waals surface area contributed by atoms with Crippen LogP contribution in [-0.2, 0) is 17.6 Å². The third kappa shape index (κ3) is 4.69. The number of anilines is 1. The molecule has 3 rings (SSSR count). The molecule has 1 aliphatic carbocycles. The van der Waals surface area contributed by atoms with Crippen molar-refractivity contribution in [2.45, 2.75) is 32.6 Å². The topological polar surface area (TPSA) is 58.6 Å². The normalized spacial score (nSPS) is 15.7. The van der Waals surface area contributed by atoms with Gasteiger partial charge in [0.25, 0.3) is 5.91 Å². The number of carbonyl (C=O) groups is 2. The first-order valence-corrected chi connectivity index (χ1v) is 10.1. The summed E-state index contributed by atoms with van der Waals surface area (Å²) in [6.45, 7) is 2.24. The lowest BCUT2D eigenvalue weighted by Crippen LogP contribution is -2.34. The lowest BCUT2D eigenvalue weighted by Gasteiger charge is -2.19. The van der Waals surface area contributed by atoms with E-state index in [9.17, 15) is 9.59 Å². The highest BCUT2D eigenvalue weighted by atomic mass is 32.1. The minimum atomic E-state index is -0.230. The van der Waals surface area contributed by atoms with Gasteiger partial charge in [-0.15, -0.1) is 11.3 Å². The van der Waals surface area contributed by atoms with E-state index in [2.05, 4.69) is 12.2 Å². The summed E-state index contributed by atoms with van der Waals surface area (Å²) < 4.78 is 5.15. The van der Waals surface area contributed by atoms with Gasteiger partial charge in [-0.3, -0.25) is 9.59 Å². The van der Waals surface area contributed by atoms with E-state index in [0.29, 0.717) is 11.4 Å². The number of methoxy groups -OCH3 is 1. The molecule has 2 amide bonds. The lowest BCUT2D eigenvalue weighted by atomic mass is 9.87. The average molecular weight is 387 g/mol. The van der Waals surface area contributed by atoms with Gasteiger partial charge in [-0.25, -0.2) is 0 Å². The first kappa shape index (κ1) is 19.4. The highest BCUT2D eigenvalue weighted by Gasteiger charge is 2.24. The molecule has 1 atom stereocenters. The van der Waals surface area contributed by atoms with Crippen LogP contribution < -0.4 is 10.1 Å². The summed E-state index contributed by atoms with van der Waals surface area (Å²) in [5.74, 6) is 1.07. The van der Waals surface area contributed by atoms with Crippen molar-refractivity contribution in [1.82, 2.24) is 4.90 Å². The molecule has 0 spiro atoms. The summed E-state index contributed by atoms with van der Waals surface area (Å²) in [7, 11) is 3.25. The first-order valence-electron chi connectivity index (χ1n) is 9.31. The fourth-order valence-corrected chi connectivity index (χ4v) is 4.63. The fraction of sp³-hybridized carbons (Fsp3) is 0.429. The van der Waals surface area contributed by atoms with Crippen molar-refractivity contribution in [2.75, 3.05) is 26.0 Å². The number of carbonyl (C=O) groups excluding carboxylic acids is 2. The number of likely N-dealkylation sites (N-methyl/N-ethyl adjacent to an activating group) is 1. The Balaban J connectivity index is 1.60. The zero-order valence-electron chi connectivity index (χ0n) is 16.1. The Labute approximate surface area is 164 Å². The van der Waals surface area contributed by atoms with Gasteiger partial charge in [0, 0.05) is 23.7 Å². The molecule has 1 aromatic carbocycles. The van der Waals surface area contributed by atoms with Crippen LogP contribution in [0.1, 0.15) is 39.9 Å². The Morgan fingerprint density at radius 2 is 2.15 bits per heavy atom. The molecule has 5 nitrogen and oxygen atoms in total. The number of nitrogens with one attached hydrogen (secondary N) is 1. The van der Waals surface area contributed by atoms with E-state index < -0.39 is 0 Å². The van der Waals surface area contributed by atoms with Gasteiger partial charge in [0.1, 0.15) is 5.75 Å². The summed E-state index contributed by atoms with van der Waals surface area (Å²) in [6.07, 6.45) is 4.51. The van der Waals surface area contributed by atoms with Crippen LogP contribution in [0.4, 0.5) is 5.69 Å². The predicted octanol–water partition coefficient (Wildman–Crippen LogP) is 3.98. The number of ether oxygens (including phenoxy) is 1. The van der Waals surface area contributed by atoms with Crippen molar-refractivity contribution >= 4 is 28.8 Å². The number of aryl methyl sites for hydroxylation is 1. The van der Waals surface area contributed by atoms with E-state index in [1.54, 1.807) is 37.6 Å². The molecule has 6 heteroatoms. The molecule has 1 N–H and O–H groups in total. The van der Waals surface area contributed by atoms with E-state index in [-0.39, 0.29) is 18.4 Å². The standard InChI is InChI=1S/C21H26N2O3S/c1-4-14-8-9-18-15(10-14)11-19(27-18)21(25)23(2)13-20(24)22-16-6-5-7-17(12-16)26-3/h5-7,11-12,14H,4,8-10,13H2,1-3H3,(H,22,24)/t14-/m0/s1. The molecule has 0 bridgehead atoms. The molecule has 2 aromatic rings. The fourth-order valence-electron chi connectivity index (χ4n) is 3.43. The van der Waals surface area contributed by atoms with Crippen LogP contribution >= 0.6 is 11.3 Å². The van der Waals surface area contributed by atoms with Crippen LogP contribution in [0.5, 0.6) is 5.75 Å². The molecule has 0 radical (unpaired) electrons. The van der Waals surface area contributed by atoms with E-state index in [1.165, 1.54) is 28.2 Å². The molecule has 1 heterocycles. The monoisotopic (exact) mass is 386 g/mol. The number of nitrogens with zero attached hydrogens (tertiary/aromatic N) is 1. The Kier molecular flexibility index (Phi) is 6.16. The van der Waals surface area contributed by atoms with Gasteiger partial charge in [0.2, 0.25) is 5.91 Å². The summed E-state index contributed by atoms with van der Waals surface area (Å²) in [6, 6.07) is 9.19. The largest absolute Gasteiger partial charge is 0.497 e.